The second kappa shape index (κ2) is 4.33. The molecule has 7 nitrogen and oxygen atoms in total. The van der Waals surface area contributed by atoms with E-state index in [4.69, 9.17) is 10.00 Å². The number of nitriles is 1. The van der Waals surface area contributed by atoms with Crippen LogP contribution in [0.5, 0.6) is 5.75 Å². The minimum absolute atomic E-state index is 0.0290. The topological polar surface area (TPSA) is 88.4 Å². The molecule has 0 amide bonds. The highest BCUT2D eigenvalue weighted by Gasteiger charge is 2.21. The first-order valence-corrected chi connectivity index (χ1v) is 6.49. The summed E-state index contributed by atoms with van der Waals surface area (Å²) in [6.07, 6.45) is 6.87. The second-order valence-corrected chi connectivity index (χ2v) is 4.98. The zero-order valence-electron chi connectivity index (χ0n) is 11.0. The molecular formula is C14H11N5O2. The first-order valence-electron chi connectivity index (χ1n) is 6.49. The summed E-state index contributed by atoms with van der Waals surface area (Å²) >= 11 is 0. The predicted octanol–water partition coefficient (Wildman–Crippen LogP) is 1.35. The molecule has 0 unspecified atom stereocenters. The predicted molar refractivity (Wildman–Crippen MR) is 72.6 cm³/mol. The fourth-order valence-electron chi connectivity index (χ4n) is 2.40. The van der Waals surface area contributed by atoms with Crippen molar-refractivity contribution in [2.24, 2.45) is 0 Å². The van der Waals surface area contributed by atoms with Gasteiger partial charge in [0.1, 0.15) is 22.9 Å². The van der Waals surface area contributed by atoms with Crippen molar-refractivity contribution in [1.29, 1.82) is 5.26 Å². The number of fused-ring (bicyclic) bond motifs is 1. The van der Waals surface area contributed by atoms with Gasteiger partial charge in [-0.3, -0.25) is 4.68 Å². The number of nitrogens with zero attached hydrogens (tertiary/aromatic N) is 5. The van der Waals surface area contributed by atoms with Gasteiger partial charge in [-0.1, -0.05) is 0 Å². The largest absolute Gasteiger partial charge is 0.506 e. The minimum atomic E-state index is 0.0290. The Morgan fingerprint density at radius 2 is 2.10 bits per heavy atom. The molecule has 3 aromatic rings. The quantitative estimate of drug-likeness (QED) is 0.766. The lowest BCUT2D eigenvalue weighted by Crippen LogP contribution is -2.30. The zero-order valence-corrected chi connectivity index (χ0v) is 11.0. The Kier molecular flexibility index (Phi) is 2.46. The van der Waals surface area contributed by atoms with Crippen LogP contribution in [0, 0.1) is 11.3 Å². The van der Waals surface area contributed by atoms with E-state index in [2.05, 4.69) is 10.2 Å². The maximum absolute atomic E-state index is 10.1. The monoisotopic (exact) mass is 281 g/mol. The molecule has 1 saturated heterocycles. The van der Waals surface area contributed by atoms with Gasteiger partial charge >= 0.3 is 0 Å². The van der Waals surface area contributed by atoms with Crippen LogP contribution >= 0.6 is 0 Å². The molecule has 1 fully saturated rings. The van der Waals surface area contributed by atoms with E-state index < -0.39 is 0 Å². The molecule has 4 heterocycles. The molecule has 0 saturated carbocycles. The number of aromatic nitrogens is 4. The van der Waals surface area contributed by atoms with E-state index in [1.54, 1.807) is 18.5 Å². The molecule has 21 heavy (non-hydrogen) atoms. The Hall–Kier alpha value is -2.85. The number of pyridine rings is 1. The number of ether oxygens (including phenoxy) is 1. The fourth-order valence-corrected chi connectivity index (χ4v) is 2.40. The van der Waals surface area contributed by atoms with Crippen LogP contribution in [0.2, 0.25) is 0 Å². The summed E-state index contributed by atoms with van der Waals surface area (Å²) in [5.41, 5.74) is 2.44. The first kappa shape index (κ1) is 11.9. The minimum Gasteiger partial charge on any atom is -0.506 e. The zero-order chi connectivity index (χ0) is 14.4. The second-order valence-electron chi connectivity index (χ2n) is 4.98. The van der Waals surface area contributed by atoms with Crippen LogP contribution < -0.4 is 0 Å². The highest BCUT2D eigenvalue weighted by molar-refractivity contribution is 5.74. The van der Waals surface area contributed by atoms with E-state index in [0.29, 0.717) is 24.3 Å². The third-order valence-electron chi connectivity index (χ3n) is 3.64. The number of rotatable bonds is 2. The van der Waals surface area contributed by atoms with Crippen LogP contribution in [0.25, 0.3) is 16.6 Å². The number of hydrogen-bond acceptors (Lipinski definition) is 5. The SMILES string of the molecule is N#Cc1cnn2cc(-c3cnn(C4COC4)c3)cc(O)c12. The van der Waals surface area contributed by atoms with Crippen molar-refractivity contribution >= 4 is 5.52 Å². The van der Waals surface area contributed by atoms with Gasteiger partial charge in [0.15, 0.2) is 0 Å². The normalized spacial score (nSPS) is 15.0. The molecule has 1 aliphatic heterocycles. The number of aromatic hydroxyl groups is 1. The molecule has 3 aromatic heterocycles. The molecule has 0 aliphatic carbocycles. The van der Waals surface area contributed by atoms with E-state index in [-0.39, 0.29) is 11.8 Å². The standard InChI is InChI=1S/C14H11N5O2/c15-2-10-3-17-19-5-9(1-13(20)14(10)19)11-4-16-18(6-11)12-7-21-8-12/h1,3-6,12,20H,7-8H2. The van der Waals surface area contributed by atoms with E-state index in [1.165, 1.54) is 10.7 Å². The van der Waals surface area contributed by atoms with Gasteiger partial charge in [0.25, 0.3) is 0 Å². The number of hydrogen-bond donors (Lipinski definition) is 1. The third-order valence-corrected chi connectivity index (χ3v) is 3.64. The van der Waals surface area contributed by atoms with Crippen molar-refractivity contribution in [2.75, 3.05) is 13.2 Å². The van der Waals surface area contributed by atoms with Gasteiger partial charge in [0, 0.05) is 23.5 Å². The van der Waals surface area contributed by atoms with Crippen LogP contribution in [-0.2, 0) is 4.74 Å². The molecule has 0 bridgehead atoms. The van der Waals surface area contributed by atoms with E-state index in [0.717, 1.165) is 11.1 Å². The lowest BCUT2D eigenvalue weighted by Gasteiger charge is -2.25. The maximum atomic E-state index is 10.1. The lowest BCUT2D eigenvalue weighted by molar-refractivity contribution is -0.0286. The van der Waals surface area contributed by atoms with Crippen molar-refractivity contribution in [3.63, 3.8) is 0 Å². The van der Waals surface area contributed by atoms with Gasteiger partial charge in [-0.25, -0.2) is 4.52 Å². The molecule has 1 aliphatic rings. The summed E-state index contributed by atoms with van der Waals surface area (Å²) in [4.78, 5) is 0. The molecule has 104 valence electrons. The van der Waals surface area contributed by atoms with E-state index in [1.807, 2.05) is 16.9 Å². The Balaban J connectivity index is 1.80. The molecule has 0 aromatic carbocycles. The molecule has 1 N–H and O–H groups in total. The summed E-state index contributed by atoms with van der Waals surface area (Å²) in [6.45, 7) is 1.35. The van der Waals surface area contributed by atoms with Crippen molar-refractivity contribution in [2.45, 2.75) is 6.04 Å². The summed E-state index contributed by atoms with van der Waals surface area (Å²) in [7, 11) is 0. The smallest absolute Gasteiger partial charge is 0.143 e. The lowest BCUT2D eigenvalue weighted by atomic mass is 10.1. The molecular weight excluding hydrogens is 270 g/mol. The summed E-state index contributed by atoms with van der Waals surface area (Å²) in [6, 6.07) is 3.92. The van der Waals surface area contributed by atoms with Gasteiger partial charge in [-0.15, -0.1) is 0 Å². The van der Waals surface area contributed by atoms with Gasteiger partial charge in [0.05, 0.1) is 31.6 Å². The van der Waals surface area contributed by atoms with Crippen LogP contribution in [0.3, 0.4) is 0 Å². The Morgan fingerprint density at radius 1 is 1.24 bits per heavy atom. The molecule has 4 rings (SSSR count). The summed E-state index contributed by atoms with van der Waals surface area (Å²) in [5, 5.41) is 27.5. The Bertz CT molecular complexity index is 869. The van der Waals surface area contributed by atoms with Crippen LogP contribution in [0.1, 0.15) is 11.6 Å². The molecule has 7 heteroatoms. The third kappa shape index (κ3) is 1.77. The maximum Gasteiger partial charge on any atom is 0.143 e. The average Bonchev–Trinajstić information content (AvgIpc) is 3.03. The first-order chi connectivity index (χ1) is 10.3. The van der Waals surface area contributed by atoms with Gasteiger partial charge in [-0.2, -0.15) is 15.5 Å². The van der Waals surface area contributed by atoms with Crippen LogP contribution in [0.15, 0.2) is 30.9 Å². The van der Waals surface area contributed by atoms with Gasteiger partial charge in [-0.05, 0) is 6.07 Å². The van der Waals surface area contributed by atoms with Crippen LogP contribution in [-0.4, -0.2) is 37.7 Å². The van der Waals surface area contributed by atoms with Gasteiger partial charge in [0.2, 0.25) is 0 Å². The van der Waals surface area contributed by atoms with Crippen molar-refractivity contribution < 1.29 is 9.84 Å². The highest BCUT2D eigenvalue weighted by Crippen LogP contribution is 2.29. The molecule has 0 atom stereocenters. The van der Waals surface area contributed by atoms with Crippen molar-refractivity contribution in [3.05, 3.63) is 36.4 Å². The van der Waals surface area contributed by atoms with E-state index >= 15 is 0 Å². The Morgan fingerprint density at radius 3 is 2.81 bits per heavy atom. The van der Waals surface area contributed by atoms with Crippen LogP contribution in [0.4, 0.5) is 0 Å². The molecule has 0 radical (unpaired) electrons. The van der Waals surface area contributed by atoms with Crippen molar-refractivity contribution in [3.8, 4) is 22.9 Å². The fraction of sp³-hybridized carbons (Fsp3) is 0.214. The van der Waals surface area contributed by atoms with Crippen molar-refractivity contribution in [1.82, 2.24) is 19.4 Å². The molecule has 0 spiro atoms. The van der Waals surface area contributed by atoms with Gasteiger partial charge < -0.3 is 9.84 Å². The summed E-state index contributed by atoms with van der Waals surface area (Å²) in [5.74, 6) is 0.0290. The summed E-state index contributed by atoms with van der Waals surface area (Å²) < 4.78 is 8.52. The highest BCUT2D eigenvalue weighted by atomic mass is 16.5. The van der Waals surface area contributed by atoms with E-state index in [9.17, 15) is 5.11 Å². The Labute approximate surface area is 119 Å². The average molecular weight is 281 g/mol.